The molecule has 0 bridgehead atoms. The molecule has 0 aliphatic rings. The van der Waals surface area contributed by atoms with Gasteiger partial charge in [0.15, 0.2) is 5.69 Å². The van der Waals surface area contributed by atoms with Gasteiger partial charge in [-0.15, -0.1) is 0 Å². The number of alkyl halides is 3. The number of carbonyl (C=O) groups excluding carboxylic acids is 1. The molecular weight excluding hydrogens is 383 g/mol. The molecule has 11 heteroatoms. The van der Waals surface area contributed by atoms with Crippen LogP contribution in [0.1, 0.15) is 24.2 Å². The molecule has 136 valence electrons. The maximum Gasteiger partial charge on any atom is 0.435 e. The number of hydrogen-bond acceptors (Lipinski definition) is 4. The summed E-state index contributed by atoms with van der Waals surface area (Å²) in [4.78, 5) is 12.0. The maximum atomic E-state index is 12.5. The van der Waals surface area contributed by atoms with Crippen LogP contribution in [-0.2, 0) is 26.7 Å². The largest absolute Gasteiger partial charge is 0.435 e. The number of hydrogen-bond donors (Lipinski definition) is 1. The van der Waals surface area contributed by atoms with Gasteiger partial charge >= 0.3 is 6.18 Å². The fourth-order valence-corrected chi connectivity index (χ4v) is 3.33. The number of carbonyl (C=O) groups is 1. The third-order valence-electron chi connectivity index (χ3n) is 3.18. The van der Waals surface area contributed by atoms with E-state index in [-0.39, 0.29) is 0 Å². The highest BCUT2D eigenvalue weighted by Gasteiger charge is 2.34. The van der Waals surface area contributed by atoms with Gasteiger partial charge in [-0.25, -0.2) is 8.42 Å². The summed E-state index contributed by atoms with van der Waals surface area (Å²) < 4.78 is 64.2. The molecule has 1 aromatic heterocycles. The minimum atomic E-state index is -4.65. The summed E-state index contributed by atoms with van der Waals surface area (Å²) in [5, 5.41) is 3.58. The monoisotopic (exact) mass is 395 g/mol. The number of nitrogens with zero attached hydrogens (tertiary/aromatic N) is 2. The van der Waals surface area contributed by atoms with Crippen LogP contribution in [-0.4, -0.2) is 24.1 Å². The lowest BCUT2D eigenvalue weighted by Gasteiger charge is -2.13. The minimum Gasteiger partial charge on any atom is -0.272 e. The van der Waals surface area contributed by atoms with Crippen molar-refractivity contribution in [3.8, 4) is 0 Å². The van der Waals surface area contributed by atoms with Crippen LogP contribution in [0.4, 0.5) is 13.2 Å². The smallest absolute Gasteiger partial charge is 0.272 e. The van der Waals surface area contributed by atoms with E-state index in [1.165, 1.54) is 19.1 Å². The second kappa shape index (κ2) is 7.04. The first-order chi connectivity index (χ1) is 11.5. The van der Waals surface area contributed by atoms with E-state index in [4.69, 9.17) is 11.6 Å². The van der Waals surface area contributed by atoms with E-state index in [9.17, 15) is 26.4 Å². The Bertz CT molecular complexity index is 881. The minimum absolute atomic E-state index is 0.337. The zero-order valence-electron chi connectivity index (χ0n) is 12.8. The summed E-state index contributed by atoms with van der Waals surface area (Å²) in [5.41, 5.74) is -0.812. The zero-order valence-corrected chi connectivity index (χ0v) is 14.4. The molecule has 0 aliphatic heterocycles. The first-order valence-corrected chi connectivity index (χ1v) is 8.92. The number of rotatable bonds is 5. The Kier molecular flexibility index (Phi) is 5.43. The van der Waals surface area contributed by atoms with Crippen molar-refractivity contribution in [1.82, 2.24) is 14.5 Å². The van der Waals surface area contributed by atoms with Gasteiger partial charge in [-0.1, -0.05) is 23.7 Å². The number of halogens is 4. The Hall–Kier alpha value is -2.07. The predicted molar refractivity (Wildman–Crippen MR) is 84.2 cm³/mol. The Morgan fingerprint density at radius 1 is 1.36 bits per heavy atom. The van der Waals surface area contributed by atoms with Crippen LogP contribution in [0.2, 0.25) is 5.02 Å². The summed E-state index contributed by atoms with van der Waals surface area (Å²) in [6, 6.07) is 5.52. The van der Waals surface area contributed by atoms with Gasteiger partial charge in [0.2, 0.25) is 10.0 Å². The van der Waals surface area contributed by atoms with Crippen molar-refractivity contribution in [2.45, 2.75) is 24.9 Å². The highest BCUT2D eigenvalue weighted by Crippen LogP contribution is 2.27. The second-order valence-electron chi connectivity index (χ2n) is 5.21. The third-order valence-corrected chi connectivity index (χ3v) is 4.64. The van der Waals surface area contributed by atoms with E-state index in [0.29, 0.717) is 16.7 Å². The molecule has 0 saturated carbocycles. The first-order valence-electron chi connectivity index (χ1n) is 6.89. The molecule has 0 fully saturated rings. The molecule has 1 atom stereocenters. The van der Waals surface area contributed by atoms with Crippen LogP contribution in [0.15, 0.2) is 36.5 Å². The molecule has 1 aromatic carbocycles. The highest BCUT2D eigenvalue weighted by molar-refractivity contribution is 7.89. The lowest BCUT2D eigenvalue weighted by Crippen LogP contribution is -2.36. The van der Waals surface area contributed by atoms with Gasteiger partial charge in [0, 0.05) is 11.2 Å². The van der Waals surface area contributed by atoms with Gasteiger partial charge in [0.05, 0.1) is 5.75 Å². The van der Waals surface area contributed by atoms with E-state index >= 15 is 0 Å². The first kappa shape index (κ1) is 19.3. The van der Waals surface area contributed by atoms with E-state index in [1.54, 1.807) is 12.1 Å². The summed E-state index contributed by atoms with van der Waals surface area (Å²) in [6.45, 7) is 1.23. The predicted octanol–water partition coefficient (Wildman–Crippen LogP) is 2.76. The Balaban J connectivity index is 2.08. The van der Waals surface area contributed by atoms with Crippen LogP contribution in [0.5, 0.6) is 0 Å². The van der Waals surface area contributed by atoms with Gasteiger partial charge < -0.3 is 0 Å². The molecule has 0 spiro atoms. The van der Waals surface area contributed by atoms with Gasteiger partial charge in [0.1, 0.15) is 6.04 Å². The Morgan fingerprint density at radius 2 is 2.04 bits per heavy atom. The number of aromatic nitrogens is 2. The van der Waals surface area contributed by atoms with Crippen molar-refractivity contribution in [3.05, 3.63) is 52.8 Å². The number of sulfonamides is 1. The molecule has 2 aromatic rings. The summed E-state index contributed by atoms with van der Waals surface area (Å²) >= 11 is 5.76. The standard InChI is InChI=1S/C14H13ClF3N3O3S/c1-9(21-6-5-12(19-21)14(16,17)18)13(22)20-25(23,24)8-10-3-2-4-11(15)7-10/h2-7,9H,8H2,1H3,(H,20,22). The fourth-order valence-electron chi connectivity index (χ4n) is 1.95. The molecule has 0 saturated heterocycles. The number of nitrogens with one attached hydrogen (secondary N) is 1. The molecule has 6 nitrogen and oxygen atoms in total. The Labute approximate surface area is 146 Å². The van der Waals surface area contributed by atoms with Crippen molar-refractivity contribution in [2.24, 2.45) is 0 Å². The van der Waals surface area contributed by atoms with Gasteiger partial charge in [-0.3, -0.25) is 14.2 Å². The van der Waals surface area contributed by atoms with Gasteiger partial charge in [0.25, 0.3) is 5.91 Å². The van der Waals surface area contributed by atoms with Crippen LogP contribution in [0, 0.1) is 0 Å². The zero-order chi connectivity index (χ0) is 18.8. The van der Waals surface area contributed by atoms with Crippen molar-refractivity contribution in [2.75, 3.05) is 0 Å². The molecule has 2 rings (SSSR count). The van der Waals surface area contributed by atoms with Gasteiger partial charge in [-0.2, -0.15) is 18.3 Å². The SMILES string of the molecule is CC(C(=O)NS(=O)(=O)Cc1cccc(Cl)c1)n1ccc(C(F)(F)F)n1. The van der Waals surface area contributed by atoms with E-state index < -0.39 is 39.6 Å². The van der Waals surface area contributed by atoms with Crippen molar-refractivity contribution >= 4 is 27.5 Å². The van der Waals surface area contributed by atoms with E-state index in [1.807, 2.05) is 4.72 Å². The Morgan fingerprint density at radius 3 is 2.60 bits per heavy atom. The van der Waals surface area contributed by atoms with Crippen molar-refractivity contribution in [3.63, 3.8) is 0 Å². The third kappa shape index (κ3) is 5.20. The second-order valence-corrected chi connectivity index (χ2v) is 7.37. The number of amides is 1. The molecular formula is C14H13ClF3N3O3S. The molecule has 0 radical (unpaired) electrons. The molecule has 25 heavy (non-hydrogen) atoms. The molecule has 1 heterocycles. The van der Waals surface area contributed by atoms with Gasteiger partial charge in [-0.05, 0) is 30.7 Å². The highest BCUT2D eigenvalue weighted by atomic mass is 35.5. The van der Waals surface area contributed by atoms with Crippen LogP contribution >= 0.6 is 11.6 Å². The molecule has 1 N–H and O–H groups in total. The average molecular weight is 396 g/mol. The van der Waals surface area contributed by atoms with Crippen LogP contribution in [0.25, 0.3) is 0 Å². The fraction of sp³-hybridized carbons (Fsp3) is 0.286. The van der Waals surface area contributed by atoms with Crippen molar-refractivity contribution in [1.29, 1.82) is 0 Å². The number of benzene rings is 1. The lowest BCUT2D eigenvalue weighted by atomic mass is 10.2. The summed E-state index contributed by atoms with van der Waals surface area (Å²) in [7, 11) is -4.05. The maximum absolute atomic E-state index is 12.5. The molecule has 0 aliphatic carbocycles. The van der Waals surface area contributed by atoms with E-state index in [0.717, 1.165) is 10.9 Å². The quantitative estimate of drug-likeness (QED) is 0.844. The molecule has 1 amide bonds. The topological polar surface area (TPSA) is 81.1 Å². The molecule has 1 unspecified atom stereocenters. The van der Waals surface area contributed by atoms with Crippen LogP contribution < -0.4 is 4.72 Å². The summed E-state index contributed by atoms with van der Waals surface area (Å²) in [6.07, 6.45) is -3.70. The van der Waals surface area contributed by atoms with Crippen LogP contribution in [0.3, 0.4) is 0 Å². The average Bonchev–Trinajstić information content (AvgIpc) is 2.95. The normalized spacial score (nSPS) is 13.5. The van der Waals surface area contributed by atoms with Crippen molar-refractivity contribution < 1.29 is 26.4 Å². The summed E-state index contributed by atoms with van der Waals surface area (Å²) in [5.74, 6) is -1.50. The lowest BCUT2D eigenvalue weighted by molar-refractivity contribution is -0.142. The van der Waals surface area contributed by atoms with E-state index in [2.05, 4.69) is 5.10 Å².